The summed E-state index contributed by atoms with van der Waals surface area (Å²) in [7, 11) is 4.27. The van der Waals surface area contributed by atoms with Gasteiger partial charge in [-0.05, 0) is 58.5 Å². The Labute approximate surface area is 156 Å². The van der Waals surface area contributed by atoms with Crippen molar-refractivity contribution in [2.75, 3.05) is 46.8 Å². The van der Waals surface area contributed by atoms with Gasteiger partial charge in [0.15, 0.2) is 0 Å². The highest BCUT2D eigenvalue weighted by Gasteiger charge is 2.36. The van der Waals surface area contributed by atoms with Gasteiger partial charge in [-0.1, -0.05) is 6.07 Å². The van der Waals surface area contributed by atoms with Gasteiger partial charge in [-0.2, -0.15) is 0 Å². The van der Waals surface area contributed by atoms with E-state index in [0.717, 1.165) is 30.9 Å². The first-order chi connectivity index (χ1) is 12.4. The lowest BCUT2D eigenvalue weighted by Crippen LogP contribution is -2.46. The zero-order valence-electron chi connectivity index (χ0n) is 16.3. The van der Waals surface area contributed by atoms with E-state index < -0.39 is 5.60 Å². The Morgan fingerprint density at radius 1 is 1.35 bits per heavy atom. The Bertz CT molecular complexity index is 611. The van der Waals surface area contributed by atoms with Gasteiger partial charge in [0.2, 0.25) is 5.91 Å². The van der Waals surface area contributed by atoms with Gasteiger partial charge in [0, 0.05) is 44.8 Å². The van der Waals surface area contributed by atoms with Gasteiger partial charge in [-0.25, -0.2) is 0 Å². The zero-order chi connectivity index (χ0) is 18.7. The average Bonchev–Trinajstić information content (AvgIpc) is 3.07. The molecular weight excluding hydrogens is 328 g/mol. The molecule has 0 spiro atoms. The molecule has 1 aromatic heterocycles. The van der Waals surface area contributed by atoms with Crippen LogP contribution in [0.2, 0.25) is 0 Å². The Kier molecular flexibility index (Phi) is 5.95. The number of hydrogen-bond donors (Lipinski definition) is 1. The van der Waals surface area contributed by atoms with Crippen LogP contribution < -0.4 is 0 Å². The molecule has 2 saturated heterocycles. The van der Waals surface area contributed by atoms with Crippen LogP contribution in [0.15, 0.2) is 18.3 Å². The summed E-state index contributed by atoms with van der Waals surface area (Å²) in [4.78, 5) is 23.5. The molecule has 1 atom stereocenters. The number of piperidine rings is 1. The molecule has 0 aromatic carbocycles. The summed E-state index contributed by atoms with van der Waals surface area (Å²) in [5.41, 5.74) is 0.901. The molecule has 0 unspecified atom stereocenters. The van der Waals surface area contributed by atoms with Gasteiger partial charge in [0.05, 0.1) is 5.69 Å². The monoisotopic (exact) mass is 360 g/mol. The van der Waals surface area contributed by atoms with Gasteiger partial charge in [0.25, 0.3) is 0 Å². The predicted octanol–water partition coefficient (Wildman–Crippen LogP) is 1.23. The summed E-state index contributed by atoms with van der Waals surface area (Å²) in [5, 5.41) is 10.9. The fourth-order valence-corrected chi connectivity index (χ4v) is 4.01. The highest BCUT2D eigenvalue weighted by atomic mass is 16.3. The summed E-state index contributed by atoms with van der Waals surface area (Å²) in [6.07, 6.45) is 4.64. The molecule has 0 bridgehead atoms. The van der Waals surface area contributed by atoms with Crippen molar-refractivity contribution in [3.63, 3.8) is 0 Å². The molecule has 6 heteroatoms. The lowest BCUT2D eigenvalue weighted by molar-refractivity contribution is -0.136. The number of aromatic nitrogens is 1. The number of aryl methyl sites for hydroxylation is 1. The van der Waals surface area contributed by atoms with Crippen molar-refractivity contribution in [3.8, 4) is 0 Å². The molecule has 2 aliphatic rings. The number of pyridine rings is 1. The quantitative estimate of drug-likeness (QED) is 0.856. The van der Waals surface area contributed by atoms with Crippen LogP contribution in [-0.4, -0.2) is 83.6 Å². The fraction of sp³-hybridized carbons (Fsp3) is 0.700. The third-order valence-corrected chi connectivity index (χ3v) is 6.00. The summed E-state index contributed by atoms with van der Waals surface area (Å²) >= 11 is 0. The Hall–Kier alpha value is -1.50. The second-order valence-electron chi connectivity index (χ2n) is 8.07. The zero-order valence-corrected chi connectivity index (χ0v) is 16.3. The minimum Gasteiger partial charge on any atom is -0.383 e. The molecule has 2 fully saturated rings. The minimum atomic E-state index is -0.907. The average molecular weight is 361 g/mol. The van der Waals surface area contributed by atoms with E-state index >= 15 is 0 Å². The molecule has 26 heavy (non-hydrogen) atoms. The van der Waals surface area contributed by atoms with Crippen molar-refractivity contribution in [2.45, 2.75) is 44.2 Å². The van der Waals surface area contributed by atoms with Crippen LogP contribution >= 0.6 is 0 Å². The van der Waals surface area contributed by atoms with Crippen LogP contribution in [0.25, 0.3) is 0 Å². The van der Waals surface area contributed by atoms with Crippen LogP contribution in [0.1, 0.15) is 36.9 Å². The number of likely N-dealkylation sites (tertiary alicyclic amines) is 2. The molecule has 6 nitrogen and oxygen atoms in total. The largest absolute Gasteiger partial charge is 0.383 e. The van der Waals surface area contributed by atoms with E-state index in [1.807, 2.05) is 24.0 Å². The Morgan fingerprint density at radius 2 is 2.08 bits per heavy atom. The van der Waals surface area contributed by atoms with E-state index in [-0.39, 0.29) is 5.91 Å². The van der Waals surface area contributed by atoms with Crippen molar-refractivity contribution in [2.24, 2.45) is 0 Å². The molecule has 1 aromatic rings. The molecular formula is C20H32N4O2. The molecule has 1 amide bonds. The number of likely N-dealkylation sites (N-methyl/N-ethyl adjacent to an activating group) is 2. The fourth-order valence-electron chi connectivity index (χ4n) is 4.01. The van der Waals surface area contributed by atoms with Gasteiger partial charge in [-0.3, -0.25) is 9.78 Å². The topological polar surface area (TPSA) is 59.9 Å². The van der Waals surface area contributed by atoms with E-state index in [4.69, 9.17) is 0 Å². The van der Waals surface area contributed by atoms with Gasteiger partial charge < -0.3 is 19.8 Å². The number of amides is 1. The van der Waals surface area contributed by atoms with Gasteiger partial charge >= 0.3 is 0 Å². The van der Waals surface area contributed by atoms with Crippen LogP contribution in [0, 0.1) is 6.92 Å². The van der Waals surface area contributed by atoms with Crippen LogP contribution in [0.5, 0.6) is 0 Å². The minimum absolute atomic E-state index is 0.196. The number of nitrogens with zero attached hydrogens (tertiary/aromatic N) is 4. The molecule has 1 N–H and O–H groups in total. The van der Waals surface area contributed by atoms with E-state index in [9.17, 15) is 9.90 Å². The molecule has 0 aliphatic carbocycles. The van der Waals surface area contributed by atoms with Gasteiger partial charge in [0.1, 0.15) is 5.60 Å². The third kappa shape index (κ3) is 4.42. The summed E-state index contributed by atoms with van der Waals surface area (Å²) in [6.45, 7) is 6.22. The maximum Gasteiger partial charge on any atom is 0.223 e. The summed E-state index contributed by atoms with van der Waals surface area (Å²) < 4.78 is 0. The number of carbonyl (C=O) groups excluding carboxylic acids is 1. The second-order valence-corrected chi connectivity index (χ2v) is 8.07. The third-order valence-electron chi connectivity index (χ3n) is 6.00. The summed E-state index contributed by atoms with van der Waals surface area (Å²) in [6, 6.07) is 4.45. The molecule has 2 aliphatic heterocycles. The molecule has 0 saturated carbocycles. The van der Waals surface area contributed by atoms with Crippen molar-refractivity contribution < 1.29 is 9.90 Å². The number of rotatable bonds is 5. The molecule has 144 valence electrons. The lowest BCUT2D eigenvalue weighted by atomic mass is 9.87. The molecule has 0 radical (unpaired) electrons. The summed E-state index contributed by atoms with van der Waals surface area (Å²) in [5.74, 6) is 0.196. The first-order valence-corrected chi connectivity index (χ1v) is 9.69. The second kappa shape index (κ2) is 8.03. The normalized spacial score (nSPS) is 23.6. The first kappa shape index (κ1) is 19.3. The van der Waals surface area contributed by atoms with Crippen molar-refractivity contribution >= 4 is 5.91 Å². The Morgan fingerprint density at radius 3 is 2.65 bits per heavy atom. The maximum absolute atomic E-state index is 12.6. The van der Waals surface area contributed by atoms with Crippen molar-refractivity contribution in [1.82, 2.24) is 19.7 Å². The SMILES string of the molecule is Cc1ccc(C2(O)CCN(C(=O)CCN(C)[C@H]3CCN(C)C3)CC2)nc1. The van der Waals surface area contributed by atoms with E-state index in [0.29, 0.717) is 38.4 Å². The standard InChI is InChI=1S/C20H32N4O2/c1-16-4-5-18(21-14-16)20(26)8-12-24(13-9-20)19(25)7-11-23(3)17-6-10-22(2)15-17/h4-5,14,17,26H,6-13,15H2,1-3H3/t17-/m0/s1. The maximum atomic E-state index is 12.6. The van der Waals surface area contributed by atoms with Crippen LogP contribution in [0.4, 0.5) is 0 Å². The van der Waals surface area contributed by atoms with E-state index in [1.54, 1.807) is 6.20 Å². The van der Waals surface area contributed by atoms with Crippen molar-refractivity contribution in [1.29, 1.82) is 0 Å². The number of carbonyl (C=O) groups is 1. The first-order valence-electron chi connectivity index (χ1n) is 9.69. The van der Waals surface area contributed by atoms with Crippen molar-refractivity contribution in [3.05, 3.63) is 29.6 Å². The molecule has 3 heterocycles. The van der Waals surface area contributed by atoms with E-state index in [1.165, 1.54) is 6.42 Å². The smallest absolute Gasteiger partial charge is 0.223 e. The van der Waals surface area contributed by atoms with Gasteiger partial charge in [-0.15, -0.1) is 0 Å². The lowest BCUT2D eigenvalue weighted by Gasteiger charge is -2.38. The van der Waals surface area contributed by atoms with Crippen LogP contribution in [0.3, 0.4) is 0 Å². The Balaban J connectivity index is 1.46. The van der Waals surface area contributed by atoms with Crippen LogP contribution in [-0.2, 0) is 10.4 Å². The highest BCUT2D eigenvalue weighted by Crippen LogP contribution is 2.31. The molecule has 3 rings (SSSR count). The number of aliphatic hydroxyl groups is 1. The number of hydrogen-bond acceptors (Lipinski definition) is 5. The highest BCUT2D eigenvalue weighted by molar-refractivity contribution is 5.76. The van der Waals surface area contributed by atoms with E-state index in [2.05, 4.69) is 28.9 Å². The predicted molar refractivity (Wildman–Crippen MR) is 102 cm³/mol.